The fourth-order valence-electron chi connectivity index (χ4n) is 6.92. The summed E-state index contributed by atoms with van der Waals surface area (Å²) in [5, 5.41) is 22.5. The van der Waals surface area contributed by atoms with Gasteiger partial charge in [-0.15, -0.1) is 0 Å². The molecular formula is C46H86N2O7. The van der Waals surface area contributed by atoms with Gasteiger partial charge in [0.15, 0.2) is 0 Å². The monoisotopic (exact) mass is 779 g/mol. The van der Waals surface area contributed by atoms with Crippen molar-refractivity contribution < 1.29 is 34.1 Å². The molecule has 0 saturated heterocycles. The second kappa shape index (κ2) is 41.2. The average molecular weight is 779 g/mol. The Bertz CT molecular complexity index is 941. The molecule has 0 aromatic heterocycles. The average Bonchev–Trinajstić information content (AvgIpc) is 3.17. The number of aliphatic hydroxyl groups excluding tert-OH is 1. The number of carbonyl (C=O) groups is 4. The van der Waals surface area contributed by atoms with Crippen molar-refractivity contribution in [3.8, 4) is 0 Å². The number of rotatable bonds is 42. The summed E-state index contributed by atoms with van der Waals surface area (Å²) in [5.41, 5.74) is 0. The minimum Gasteiger partial charge on any atom is -0.480 e. The number of nitrogens with one attached hydrogen (secondary N) is 2. The number of carbonyl (C=O) groups excluding carboxylic acids is 3. The van der Waals surface area contributed by atoms with E-state index in [0.29, 0.717) is 12.8 Å². The number of esters is 1. The number of unbranched alkanes of at least 4 members (excludes halogenated alkanes) is 28. The Balaban J connectivity index is 3.90. The zero-order valence-corrected chi connectivity index (χ0v) is 35.7. The highest BCUT2D eigenvalue weighted by Crippen LogP contribution is 2.17. The van der Waals surface area contributed by atoms with Crippen LogP contribution in [0.15, 0.2) is 12.2 Å². The molecule has 2 unspecified atom stereocenters. The minimum absolute atomic E-state index is 0.110. The van der Waals surface area contributed by atoms with E-state index in [-0.39, 0.29) is 30.9 Å². The molecule has 2 atom stereocenters. The molecule has 9 heteroatoms. The molecule has 0 heterocycles. The molecule has 0 aliphatic heterocycles. The van der Waals surface area contributed by atoms with E-state index >= 15 is 0 Å². The molecule has 322 valence electrons. The summed E-state index contributed by atoms with van der Waals surface area (Å²) < 4.78 is 5.88. The van der Waals surface area contributed by atoms with Gasteiger partial charge in [-0.3, -0.25) is 14.4 Å². The fraction of sp³-hybridized carbons (Fsp3) is 0.870. The van der Waals surface area contributed by atoms with Crippen LogP contribution in [0.2, 0.25) is 0 Å². The summed E-state index contributed by atoms with van der Waals surface area (Å²) in [6, 6.07) is -1.39. The van der Waals surface area contributed by atoms with Gasteiger partial charge in [0.25, 0.3) is 0 Å². The maximum atomic E-state index is 12.7. The zero-order chi connectivity index (χ0) is 40.5. The molecule has 9 nitrogen and oxygen atoms in total. The molecule has 2 amide bonds. The highest BCUT2D eigenvalue weighted by Gasteiger charge is 2.18. The first-order chi connectivity index (χ1) is 26.8. The van der Waals surface area contributed by atoms with Crippen LogP contribution in [-0.4, -0.2) is 59.3 Å². The van der Waals surface area contributed by atoms with Gasteiger partial charge < -0.3 is 25.6 Å². The minimum atomic E-state index is -1.39. The van der Waals surface area contributed by atoms with Gasteiger partial charge >= 0.3 is 11.9 Å². The summed E-state index contributed by atoms with van der Waals surface area (Å²) in [4.78, 5) is 47.4. The van der Waals surface area contributed by atoms with Crippen molar-refractivity contribution in [3.05, 3.63) is 12.2 Å². The molecule has 0 bridgehead atoms. The third-order valence-electron chi connectivity index (χ3n) is 10.5. The van der Waals surface area contributed by atoms with Crippen LogP contribution in [-0.2, 0) is 23.9 Å². The van der Waals surface area contributed by atoms with Crippen LogP contribution in [0.1, 0.15) is 232 Å². The predicted octanol–water partition coefficient (Wildman–Crippen LogP) is 11.4. The number of hydrogen-bond donors (Lipinski definition) is 4. The molecule has 0 spiro atoms. The molecule has 0 aliphatic rings. The first kappa shape index (κ1) is 52.6. The van der Waals surface area contributed by atoms with Crippen LogP contribution in [0, 0.1) is 0 Å². The van der Waals surface area contributed by atoms with E-state index in [1.165, 1.54) is 148 Å². The Morgan fingerprint density at radius 1 is 0.545 bits per heavy atom. The van der Waals surface area contributed by atoms with E-state index < -0.39 is 24.5 Å². The summed E-state index contributed by atoms with van der Waals surface area (Å²) in [6.45, 7) is 3.42. The van der Waals surface area contributed by atoms with E-state index in [2.05, 4.69) is 36.6 Å². The SMILES string of the molecule is CCCCC/C=C\C(CCCCCCC(=O)NCC(=O)NC(CO)C(=O)O)OC(=O)CCCCCCCCCCCCCCCCCCCCCCCCC. The Hall–Kier alpha value is -2.42. The number of carboxylic acid groups (broad SMARTS) is 1. The van der Waals surface area contributed by atoms with Crippen molar-refractivity contribution in [2.45, 2.75) is 244 Å². The Morgan fingerprint density at radius 2 is 0.964 bits per heavy atom. The molecule has 0 radical (unpaired) electrons. The summed E-state index contributed by atoms with van der Waals surface area (Å²) in [6.07, 6.45) is 44.4. The number of aliphatic carboxylic acids is 1. The van der Waals surface area contributed by atoms with E-state index in [4.69, 9.17) is 14.9 Å². The lowest BCUT2D eigenvalue weighted by atomic mass is 10.0. The largest absolute Gasteiger partial charge is 0.480 e. The van der Waals surface area contributed by atoms with Gasteiger partial charge in [-0.25, -0.2) is 4.79 Å². The van der Waals surface area contributed by atoms with Crippen LogP contribution in [0.25, 0.3) is 0 Å². The van der Waals surface area contributed by atoms with Gasteiger partial charge in [-0.05, 0) is 44.6 Å². The van der Waals surface area contributed by atoms with Crippen LogP contribution in [0.4, 0.5) is 0 Å². The number of allylic oxidation sites excluding steroid dienone is 1. The first-order valence-electron chi connectivity index (χ1n) is 23.1. The van der Waals surface area contributed by atoms with Gasteiger partial charge in [-0.2, -0.15) is 0 Å². The number of amides is 2. The van der Waals surface area contributed by atoms with Crippen LogP contribution >= 0.6 is 0 Å². The molecule has 0 aromatic carbocycles. The van der Waals surface area contributed by atoms with Crippen molar-refractivity contribution in [2.75, 3.05) is 13.2 Å². The smallest absolute Gasteiger partial charge is 0.328 e. The Labute approximate surface area is 337 Å². The lowest BCUT2D eigenvalue weighted by molar-refractivity contribution is -0.147. The topological polar surface area (TPSA) is 142 Å². The Kier molecular flexibility index (Phi) is 39.4. The molecule has 0 saturated carbocycles. The summed E-state index contributed by atoms with van der Waals surface area (Å²) in [5.74, 6) is -2.39. The second-order valence-corrected chi connectivity index (χ2v) is 15.9. The van der Waals surface area contributed by atoms with E-state index in [1.54, 1.807) is 0 Å². The van der Waals surface area contributed by atoms with Crippen LogP contribution in [0.3, 0.4) is 0 Å². The highest BCUT2D eigenvalue weighted by atomic mass is 16.5. The van der Waals surface area contributed by atoms with Crippen molar-refractivity contribution in [1.29, 1.82) is 0 Å². The molecule has 4 N–H and O–H groups in total. The van der Waals surface area contributed by atoms with Crippen molar-refractivity contribution in [2.24, 2.45) is 0 Å². The lowest BCUT2D eigenvalue weighted by Crippen LogP contribution is -2.47. The van der Waals surface area contributed by atoms with E-state index in [1.807, 2.05) is 0 Å². The standard InChI is InChI=1S/C46H86N2O7/c1-3-5-7-9-10-11-12-13-14-15-16-17-18-19-20-21-22-23-24-25-26-28-34-38-45(52)55-41(35-31-27-8-6-4-2)36-32-29-30-33-37-43(50)47-39-44(51)48-42(40-49)46(53)54/h31,35,41-42,49H,3-30,32-34,36-40H2,1-2H3,(H,47,50)(H,48,51)(H,53,54)/b35-31-. The highest BCUT2D eigenvalue weighted by molar-refractivity contribution is 5.87. The van der Waals surface area contributed by atoms with Gasteiger partial charge in [0, 0.05) is 12.8 Å². The van der Waals surface area contributed by atoms with Crippen LogP contribution < -0.4 is 10.6 Å². The van der Waals surface area contributed by atoms with Crippen molar-refractivity contribution in [1.82, 2.24) is 10.6 Å². The van der Waals surface area contributed by atoms with Crippen molar-refractivity contribution >= 4 is 23.8 Å². The molecular weight excluding hydrogens is 693 g/mol. The maximum Gasteiger partial charge on any atom is 0.328 e. The van der Waals surface area contributed by atoms with Gasteiger partial charge in [0.1, 0.15) is 12.1 Å². The van der Waals surface area contributed by atoms with Crippen molar-refractivity contribution in [3.63, 3.8) is 0 Å². The zero-order valence-electron chi connectivity index (χ0n) is 35.7. The fourth-order valence-corrected chi connectivity index (χ4v) is 6.92. The van der Waals surface area contributed by atoms with Gasteiger partial charge in [0.2, 0.25) is 11.8 Å². The molecule has 0 aromatic rings. The summed E-state index contributed by atoms with van der Waals surface area (Å²) >= 11 is 0. The second-order valence-electron chi connectivity index (χ2n) is 15.9. The molecule has 0 aliphatic carbocycles. The summed E-state index contributed by atoms with van der Waals surface area (Å²) in [7, 11) is 0. The van der Waals surface area contributed by atoms with Gasteiger partial charge in [0.05, 0.1) is 13.2 Å². The first-order valence-corrected chi connectivity index (χ1v) is 23.1. The van der Waals surface area contributed by atoms with E-state index in [9.17, 15) is 19.2 Å². The third-order valence-corrected chi connectivity index (χ3v) is 10.5. The molecule has 0 rings (SSSR count). The number of ether oxygens (including phenoxy) is 1. The lowest BCUT2D eigenvalue weighted by Gasteiger charge is -2.15. The number of hydrogen-bond acceptors (Lipinski definition) is 6. The quantitative estimate of drug-likeness (QED) is 0.0274. The van der Waals surface area contributed by atoms with E-state index in [0.717, 1.165) is 51.4 Å². The van der Waals surface area contributed by atoms with Crippen LogP contribution in [0.5, 0.6) is 0 Å². The Morgan fingerprint density at radius 3 is 1.42 bits per heavy atom. The normalized spacial score (nSPS) is 12.5. The molecule has 55 heavy (non-hydrogen) atoms. The predicted molar refractivity (Wildman–Crippen MR) is 227 cm³/mol. The van der Waals surface area contributed by atoms with Gasteiger partial charge in [-0.1, -0.05) is 187 Å². The molecule has 0 fully saturated rings. The third kappa shape index (κ3) is 38.2. The number of aliphatic hydroxyl groups is 1. The number of carboxylic acids is 1. The maximum absolute atomic E-state index is 12.7.